The minimum Gasteiger partial charge on any atom is -0.479 e. The molecule has 1 aromatic heterocycles. The molecule has 0 spiro atoms. The number of halogens is 1. The van der Waals surface area contributed by atoms with Crippen molar-refractivity contribution in [2.75, 3.05) is 0 Å². The molecule has 1 atom stereocenters. The Labute approximate surface area is 129 Å². The Morgan fingerprint density at radius 3 is 2.48 bits per heavy atom. The molecule has 0 aliphatic carbocycles. The Morgan fingerprint density at radius 1 is 1.19 bits per heavy atom. The fourth-order valence-electron chi connectivity index (χ4n) is 1.70. The first-order valence-electron chi connectivity index (χ1n) is 6.08. The lowest BCUT2D eigenvalue weighted by atomic mass is 10.1. The van der Waals surface area contributed by atoms with Gasteiger partial charge in [-0.25, -0.2) is 4.79 Å². The number of benzene rings is 1. The van der Waals surface area contributed by atoms with E-state index in [-0.39, 0.29) is 0 Å². The van der Waals surface area contributed by atoms with E-state index in [1.807, 2.05) is 0 Å². The van der Waals surface area contributed by atoms with E-state index in [9.17, 15) is 14.7 Å². The predicted molar refractivity (Wildman–Crippen MR) is 80.4 cm³/mol. The highest BCUT2D eigenvalue weighted by molar-refractivity contribution is 9.10. The van der Waals surface area contributed by atoms with E-state index in [1.54, 1.807) is 42.5 Å². The van der Waals surface area contributed by atoms with Crippen LogP contribution in [0.3, 0.4) is 0 Å². The van der Waals surface area contributed by atoms with Gasteiger partial charge >= 0.3 is 5.97 Å². The molecule has 0 aliphatic heterocycles. The summed E-state index contributed by atoms with van der Waals surface area (Å²) in [5.74, 6) is -1.15. The van der Waals surface area contributed by atoms with Crippen molar-refractivity contribution in [1.82, 2.24) is 5.32 Å². The highest BCUT2D eigenvalue weighted by Gasteiger charge is 2.20. The molecule has 21 heavy (non-hydrogen) atoms. The zero-order chi connectivity index (χ0) is 15.2. The van der Waals surface area contributed by atoms with E-state index in [0.717, 1.165) is 0 Å². The van der Waals surface area contributed by atoms with Crippen molar-refractivity contribution in [3.8, 4) is 0 Å². The number of hydrogen-bond donors (Lipinski definition) is 2. The van der Waals surface area contributed by atoms with Gasteiger partial charge in [-0.3, -0.25) is 4.79 Å². The number of aliphatic carboxylic acids is 1. The molecule has 6 heteroatoms. The highest BCUT2D eigenvalue weighted by Crippen LogP contribution is 2.15. The van der Waals surface area contributed by atoms with Crippen LogP contribution < -0.4 is 5.32 Å². The molecule has 0 bridgehead atoms. The summed E-state index contributed by atoms with van der Waals surface area (Å²) < 4.78 is 5.76. The zero-order valence-corrected chi connectivity index (χ0v) is 12.4. The van der Waals surface area contributed by atoms with Gasteiger partial charge in [-0.15, -0.1) is 0 Å². The third kappa shape index (κ3) is 4.32. The van der Waals surface area contributed by atoms with E-state index in [1.165, 1.54) is 12.2 Å². The van der Waals surface area contributed by atoms with Gasteiger partial charge in [-0.1, -0.05) is 30.3 Å². The number of carbonyl (C=O) groups excluding carboxylic acids is 1. The molecule has 0 aliphatic rings. The van der Waals surface area contributed by atoms with Crippen LogP contribution in [-0.4, -0.2) is 17.0 Å². The fraction of sp³-hybridized carbons (Fsp3) is 0.0667. The van der Waals surface area contributed by atoms with Crippen molar-refractivity contribution < 1.29 is 19.1 Å². The number of amides is 1. The average molecular weight is 350 g/mol. The van der Waals surface area contributed by atoms with Crippen LogP contribution in [-0.2, 0) is 9.59 Å². The van der Waals surface area contributed by atoms with Gasteiger partial charge in [0.25, 0.3) is 0 Å². The minimum absolute atomic E-state index is 0.489. The topological polar surface area (TPSA) is 79.5 Å². The molecule has 2 N–H and O–H groups in total. The lowest BCUT2D eigenvalue weighted by molar-refractivity contribution is -0.141. The van der Waals surface area contributed by atoms with Gasteiger partial charge in [0.05, 0.1) is 0 Å². The lowest BCUT2D eigenvalue weighted by Gasteiger charge is -2.13. The minimum atomic E-state index is -1.12. The van der Waals surface area contributed by atoms with E-state index >= 15 is 0 Å². The Hall–Kier alpha value is -2.34. The number of furan rings is 1. The zero-order valence-electron chi connectivity index (χ0n) is 10.8. The SMILES string of the molecule is O=C(/C=C/c1ccc(Br)o1)N[C@@H](C(=O)O)c1ccccc1. The third-order valence-corrected chi connectivity index (χ3v) is 3.09. The number of rotatable bonds is 5. The Balaban J connectivity index is 2.05. The van der Waals surface area contributed by atoms with Crippen LogP contribution in [0.5, 0.6) is 0 Å². The molecule has 0 radical (unpaired) electrons. The van der Waals surface area contributed by atoms with Crippen LogP contribution in [0, 0.1) is 0 Å². The van der Waals surface area contributed by atoms with Crippen molar-refractivity contribution in [2.24, 2.45) is 0 Å². The van der Waals surface area contributed by atoms with Gasteiger partial charge in [0.15, 0.2) is 10.7 Å². The van der Waals surface area contributed by atoms with Crippen LogP contribution >= 0.6 is 15.9 Å². The molecule has 1 heterocycles. The summed E-state index contributed by atoms with van der Waals surface area (Å²) in [6.07, 6.45) is 2.69. The Bertz CT molecular complexity index is 663. The summed E-state index contributed by atoms with van der Waals surface area (Å²) in [7, 11) is 0. The summed E-state index contributed by atoms with van der Waals surface area (Å²) in [5.41, 5.74) is 0.507. The molecule has 1 amide bonds. The smallest absolute Gasteiger partial charge is 0.330 e. The summed E-state index contributed by atoms with van der Waals surface area (Å²) >= 11 is 3.15. The maximum Gasteiger partial charge on any atom is 0.330 e. The molecule has 0 unspecified atom stereocenters. The van der Waals surface area contributed by atoms with Gasteiger partial charge in [-0.05, 0) is 39.7 Å². The second-order valence-electron chi connectivity index (χ2n) is 4.17. The number of carboxylic acids is 1. The largest absolute Gasteiger partial charge is 0.479 e. The molecule has 2 aromatic rings. The van der Waals surface area contributed by atoms with Gasteiger partial charge in [0.2, 0.25) is 5.91 Å². The number of nitrogens with one attached hydrogen (secondary N) is 1. The first-order chi connectivity index (χ1) is 10.1. The van der Waals surface area contributed by atoms with Crippen molar-refractivity contribution in [3.05, 3.63) is 64.5 Å². The van der Waals surface area contributed by atoms with Crippen LogP contribution in [0.4, 0.5) is 0 Å². The summed E-state index contributed by atoms with van der Waals surface area (Å²) in [6.45, 7) is 0. The first kappa shape index (κ1) is 15.1. The van der Waals surface area contributed by atoms with Gasteiger partial charge in [0.1, 0.15) is 5.76 Å². The summed E-state index contributed by atoms with van der Waals surface area (Å²) in [6, 6.07) is 10.8. The van der Waals surface area contributed by atoms with E-state index in [4.69, 9.17) is 4.42 Å². The lowest BCUT2D eigenvalue weighted by Crippen LogP contribution is -2.32. The molecule has 0 saturated heterocycles. The molecular formula is C15H12BrNO4. The van der Waals surface area contributed by atoms with Gasteiger partial charge < -0.3 is 14.8 Å². The van der Waals surface area contributed by atoms with E-state index in [2.05, 4.69) is 21.2 Å². The summed E-state index contributed by atoms with van der Waals surface area (Å²) in [5, 5.41) is 11.6. The van der Waals surface area contributed by atoms with Crippen molar-refractivity contribution in [1.29, 1.82) is 0 Å². The average Bonchev–Trinajstić information content (AvgIpc) is 2.89. The van der Waals surface area contributed by atoms with Crippen molar-refractivity contribution in [3.63, 3.8) is 0 Å². The monoisotopic (exact) mass is 349 g/mol. The molecule has 0 fully saturated rings. The Morgan fingerprint density at radius 2 is 1.90 bits per heavy atom. The second kappa shape index (κ2) is 6.90. The number of hydrogen-bond acceptors (Lipinski definition) is 3. The highest BCUT2D eigenvalue weighted by atomic mass is 79.9. The standard InChI is InChI=1S/C15H12BrNO4/c16-12-8-6-11(21-12)7-9-13(18)17-14(15(19)20)10-4-2-1-3-5-10/h1-9,14H,(H,17,18)(H,19,20)/b9-7+/t14-/m1/s1. The summed E-state index contributed by atoms with van der Waals surface area (Å²) in [4.78, 5) is 23.0. The quantitative estimate of drug-likeness (QED) is 0.813. The maximum atomic E-state index is 11.8. The predicted octanol–water partition coefficient (Wildman–Crippen LogP) is 3.00. The molecule has 108 valence electrons. The molecule has 0 saturated carbocycles. The number of carbonyl (C=O) groups is 2. The van der Waals surface area contributed by atoms with Crippen molar-refractivity contribution >= 4 is 33.9 Å². The van der Waals surface area contributed by atoms with Crippen LogP contribution in [0.1, 0.15) is 17.4 Å². The van der Waals surface area contributed by atoms with Crippen LogP contribution in [0.25, 0.3) is 6.08 Å². The van der Waals surface area contributed by atoms with E-state index in [0.29, 0.717) is 16.0 Å². The second-order valence-corrected chi connectivity index (χ2v) is 4.95. The normalized spacial score (nSPS) is 12.2. The Kier molecular flexibility index (Phi) is 4.94. The third-order valence-electron chi connectivity index (χ3n) is 2.66. The van der Waals surface area contributed by atoms with Gasteiger partial charge in [-0.2, -0.15) is 0 Å². The van der Waals surface area contributed by atoms with Crippen molar-refractivity contribution in [2.45, 2.75) is 6.04 Å². The molecule has 2 rings (SSSR count). The first-order valence-corrected chi connectivity index (χ1v) is 6.87. The molecular weight excluding hydrogens is 338 g/mol. The molecule has 1 aromatic carbocycles. The maximum absolute atomic E-state index is 11.8. The molecule has 5 nitrogen and oxygen atoms in total. The van der Waals surface area contributed by atoms with E-state index < -0.39 is 17.9 Å². The van der Waals surface area contributed by atoms with Crippen LogP contribution in [0.15, 0.2) is 57.6 Å². The number of carboxylic acid groups (broad SMARTS) is 1. The van der Waals surface area contributed by atoms with Crippen LogP contribution in [0.2, 0.25) is 0 Å². The fourth-order valence-corrected chi connectivity index (χ4v) is 2.02. The van der Waals surface area contributed by atoms with Gasteiger partial charge in [0, 0.05) is 6.08 Å².